The van der Waals surface area contributed by atoms with E-state index in [0.29, 0.717) is 24.0 Å². The van der Waals surface area contributed by atoms with Crippen LogP contribution in [0, 0.1) is 0 Å². The Kier molecular flexibility index (Phi) is 6.24. The van der Waals surface area contributed by atoms with Crippen LogP contribution in [-0.4, -0.2) is 49.0 Å². The highest BCUT2D eigenvalue weighted by Gasteiger charge is 2.16. The van der Waals surface area contributed by atoms with E-state index in [2.05, 4.69) is 15.5 Å². The van der Waals surface area contributed by atoms with Gasteiger partial charge >= 0.3 is 0 Å². The Morgan fingerprint density at radius 3 is 2.53 bits per heavy atom. The van der Waals surface area contributed by atoms with Crippen molar-refractivity contribution in [1.29, 1.82) is 0 Å². The van der Waals surface area contributed by atoms with Crippen LogP contribution in [-0.2, 0) is 9.53 Å². The fraction of sp³-hybridized carbons (Fsp3) is 0.318. The first-order valence-electron chi connectivity index (χ1n) is 9.81. The van der Waals surface area contributed by atoms with E-state index in [0.717, 1.165) is 36.3 Å². The molecular formula is C22H23N3O5. The Balaban J connectivity index is 1.31. The van der Waals surface area contributed by atoms with Crippen molar-refractivity contribution in [1.82, 2.24) is 15.5 Å². The normalized spacial score (nSPS) is 15.7. The lowest BCUT2D eigenvalue weighted by molar-refractivity contribution is -0.123. The van der Waals surface area contributed by atoms with Gasteiger partial charge in [0.05, 0.1) is 13.2 Å². The molecule has 0 unspecified atom stereocenters. The predicted octanol–water partition coefficient (Wildman–Crippen LogP) is 3.09. The number of methoxy groups -OCH3 is 1. The van der Waals surface area contributed by atoms with Crippen molar-refractivity contribution in [3.8, 4) is 34.3 Å². The van der Waals surface area contributed by atoms with Gasteiger partial charge in [0, 0.05) is 24.3 Å². The van der Waals surface area contributed by atoms with Gasteiger partial charge in [0.15, 0.2) is 6.61 Å². The second-order valence-electron chi connectivity index (χ2n) is 6.90. The van der Waals surface area contributed by atoms with Gasteiger partial charge < -0.3 is 24.1 Å². The molecule has 8 heteroatoms. The Morgan fingerprint density at radius 2 is 1.83 bits per heavy atom. The highest BCUT2D eigenvalue weighted by Crippen LogP contribution is 2.25. The number of benzene rings is 2. The summed E-state index contributed by atoms with van der Waals surface area (Å²) >= 11 is 0. The fourth-order valence-electron chi connectivity index (χ4n) is 3.12. The molecule has 0 radical (unpaired) electrons. The van der Waals surface area contributed by atoms with Crippen LogP contribution in [0.5, 0.6) is 11.5 Å². The number of carbonyl (C=O) groups excluding carboxylic acids is 1. The maximum absolute atomic E-state index is 11.9. The van der Waals surface area contributed by atoms with E-state index in [9.17, 15) is 4.79 Å². The van der Waals surface area contributed by atoms with Gasteiger partial charge in [0.1, 0.15) is 11.5 Å². The van der Waals surface area contributed by atoms with Crippen LogP contribution in [0.2, 0.25) is 0 Å². The highest BCUT2D eigenvalue weighted by molar-refractivity contribution is 5.77. The number of aromatic nitrogens is 2. The summed E-state index contributed by atoms with van der Waals surface area (Å²) in [5.74, 6) is 2.08. The molecule has 1 saturated heterocycles. The average molecular weight is 409 g/mol. The third-order valence-electron chi connectivity index (χ3n) is 4.80. The summed E-state index contributed by atoms with van der Waals surface area (Å²) in [7, 11) is 1.62. The molecule has 1 aliphatic heterocycles. The van der Waals surface area contributed by atoms with Crippen molar-refractivity contribution in [2.24, 2.45) is 0 Å². The molecule has 3 aromatic rings. The second-order valence-corrected chi connectivity index (χ2v) is 6.90. The first-order valence-corrected chi connectivity index (χ1v) is 9.81. The van der Waals surface area contributed by atoms with Gasteiger partial charge in [-0.1, -0.05) is 5.16 Å². The maximum Gasteiger partial charge on any atom is 0.258 e. The molecule has 1 fully saturated rings. The van der Waals surface area contributed by atoms with E-state index in [4.69, 9.17) is 18.7 Å². The standard InChI is InChI=1S/C22H23N3O5/c1-27-17-8-4-15(5-9-17)21-24-22(30-25-21)16-6-10-18(11-7-16)29-14-20(26)23-13-19-3-2-12-28-19/h4-11,19H,2-3,12-14H2,1H3,(H,23,26)/t19-/m0/s1. The van der Waals surface area contributed by atoms with Crippen molar-refractivity contribution in [2.45, 2.75) is 18.9 Å². The lowest BCUT2D eigenvalue weighted by Gasteiger charge is -2.11. The van der Waals surface area contributed by atoms with Gasteiger partial charge in [-0.25, -0.2) is 0 Å². The maximum atomic E-state index is 11.9. The first-order chi connectivity index (χ1) is 14.7. The predicted molar refractivity (Wildman–Crippen MR) is 109 cm³/mol. The van der Waals surface area contributed by atoms with Crippen LogP contribution in [0.3, 0.4) is 0 Å². The van der Waals surface area contributed by atoms with Crippen molar-refractivity contribution in [3.63, 3.8) is 0 Å². The zero-order valence-corrected chi connectivity index (χ0v) is 16.7. The van der Waals surface area contributed by atoms with Crippen LogP contribution in [0.15, 0.2) is 53.1 Å². The SMILES string of the molecule is COc1ccc(-c2noc(-c3ccc(OCC(=O)NC[C@@H]4CCCO4)cc3)n2)cc1. The quantitative estimate of drug-likeness (QED) is 0.611. The minimum Gasteiger partial charge on any atom is -0.497 e. The number of ether oxygens (including phenoxy) is 3. The summed E-state index contributed by atoms with van der Waals surface area (Å²) < 4.78 is 21.5. The van der Waals surface area contributed by atoms with E-state index in [1.54, 1.807) is 19.2 Å². The minimum atomic E-state index is -0.171. The molecule has 8 nitrogen and oxygen atoms in total. The van der Waals surface area contributed by atoms with E-state index < -0.39 is 0 Å². The number of carbonyl (C=O) groups is 1. The molecule has 1 amide bonds. The molecule has 4 rings (SSSR count). The second kappa shape index (κ2) is 9.41. The van der Waals surface area contributed by atoms with Crippen LogP contribution in [0.4, 0.5) is 0 Å². The summed E-state index contributed by atoms with van der Waals surface area (Å²) in [6, 6.07) is 14.6. The van der Waals surface area contributed by atoms with E-state index in [1.807, 2.05) is 36.4 Å². The fourth-order valence-corrected chi connectivity index (χ4v) is 3.12. The van der Waals surface area contributed by atoms with Gasteiger partial charge in [-0.15, -0.1) is 0 Å². The molecule has 2 heterocycles. The summed E-state index contributed by atoms with van der Waals surface area (Å²) in [4.78, 5) is 16.3. The molecule has 1 N–H and O–H groups in total. The molecule has 0 bridgehead atoms. The average Bonchev–Trinajstić information content (AvgIpc) is 3.49. The Morgan fingerprint density at radius 1 is 1.10 bits per heavy atom. The third-order valence-corrected chi connectivity index (χ3v) is 4.80. The first kappa shape index (κ1) is 19.9. The van der Waals surface area contributed by atoms with Gasteiger partial charge in [-0.05, 0) is 61.4 Å². The lowest BCUT2D eigenvalue weighted by atomic mass is 10.2. The molecular weight excluding hydrogens is 386 g/mol. The highest BCUT2D eigenvalue weighted by atomic mass is 16.5. The largest absolute Gasteiger partial charge is 0.497 e. The van der Waals surface area contributed by atoms with E-state index in [1.165, 1.54) is 0 Å². The van der Waals surface area contributed by atoms with E-state index >= 15 is 0 Å². The summed E-state index contributed by atoms with van der Waals surface area (Å²) in [6.45, 7) is 1.24. The molecule has 30 heavy (non-hydrogen) atoms. The molecule has 0 aliphatic carbocycles. The minimum absolute atomic E-state index is 0.0474. The summed E-state index contributed by atoms with van der Waals surface area (Å²) in [6.07, 6.45) is 2.15. The monoisotopic (exact) mass is 409 g/mol. The lowest BCUT2D eigenvalue weighted by Crippen LogP contribution is -2.35. The number of nitrogens with one attached hydrogen (secondary N) is 1. The van der Waals surface area contributed by atoms with E-state index in [-0.39, 0.29) is 18.6 Å². The number of hydrogen-bond acceptors (Lipinski definition) is 7. The van der Waals surface area contributed by atoms with Crippen molar-refractivity contribution < 1.29 is 23.5 Å². The van der Waals surface area contributed by atoms with Crippen LogP contribution in [0.25, 0.3) is 22.8 Å². The molecule has 2 aromatic carbocycles. The van der Waals surface area contributed by atoms with Crippen LogP contribution < -0.4 is 14.8 Å². The van der Waals surface area contributed by atoms with Gasteiger partial charge in [0.25, 0.3) is 11.8 Å². The number of hydrogen-bond donors (Lipinski definition) is 1. The molecule has 0 saturated carbocycles. The molecule has 156 valence electrons. The smallest absolute Gasteiger partial charge is 0.258 e. The number of nitrogens with zero attached hydrogens (tertiary/aromatic N) is 2. The Bertz CT molecular complexity index is 963. The number of rotatable bonds is 8. The van der Waals surface area contributed by atoms with Gasteiger partial charge in [0.2, 0.25) is 5.82 Å². The van der Waals surface area contributed by atoms with Crippen molar-refractivity contribution in [2.75, 3.05) is 26.9 Å². The molecule has 1 aliphatic rings. The molecule has 0 spiro atoms. The van der Waals surface area contributed by atoms with Crippen molar-refractivity contribution in [3.05, 3.63) is 48.5 Å². The zero-order valence-electron chi connectivity index (χ0n) is 16.7. The Hall–Kier alpha value is -3.39. The third kappa shape index (κ3) is 4.96. The van der Waals surface area contributed by atoms with Crippen LogP contribution in [0.1, 0.15) is 12.8 Å². The number of amides is 1. The summed E-state index contributed by atoms with van der Waals surface area (Å²) in [5, 5.41) is 6.86. The van der Waals surface area contributed by atoms with Crippen LogP contribution >= 0.6 is 0 Å². The zero-order chi connectivity index (χ0) is 20.8. The topological polar surface area (TPSA) is 95.7 Å². The van der Waals surface area contributed by atoms with Gasteiger partial charge in [-0.3, -0.25) is 4.79 Å². The van der Waals surface area contributed by atoms with Gasteiger partial charge in [-0.2, -0.15) is 4.98 Å². The summed E-state index contributed by atoms with van der Waals surface area (Å²) in [5.41, 5.74) is 1.59. The molecule has 1 aromatic heterocycles. The Labute approximate surface area is 174 Å². The van der Waals surface area contributed by atoms with Crippen molar-refractivity contribution >= 4 is 5.91 Å². The molecule has 1 atom stereocenters.